The van der Waals surface area contributed by atoms with Gasteiger partial charge in [0.15, 0.2) is 0 Å². The fourth-order valence-corrected chi connectivity index (χ4v) is 8.92. The van der Waals surface area contributed by atoms with Crippen LogP contribution >= 0.6 is 0 Å². The summed E-state index contributed by atoms with van der Waals surface area (Å²) >= 11 is 0. The Kier molecular flexibility index (Phi) is 5.90. The van der Waals surface area contributed by atoms with Gasteiger partial charge in [-0.1, -0.05) is 105 Å². The van der Waals surface area contributed by atoms with Crippen molar-refractivity contribution in [3.8, 4) is 45.0 Å². The number of aromatic nitrogens is 3. The van der Waals surface area contributed by atoms with Gasteiger partial charge in [0.1, 0.15) is 11.6 Å². The van der Waals surface area contributed by atoms with Gasteiger partial charge in [0.2, 0.25) is 0 Å². The third-order valence-corrected chi connectivity index (χ3v) is 11.4. The molecule has 0 aliphatic heterocycles. The minimum Gasteiger partial charge on any atom is -0.309 e. The Balaban J connectivity index is 1.06. The molecule has 11 rings (SSSR count). The first-order valence-corrected chi connectivity index (χ1v) is 17.8. The second-order valence-electron chi connectivity index (χ2n) is 14.6. The number of hydrogen-bond donors (Lipinski definition) is 0. The quantitative estimate of drug-likeness (QED) is 0.171. The summed E-state index contributed by atoms with van der Waals surface area (Å²) in [6.07, 6.45) is 0. The monoisotopic (exact) mass is 669 g/mol. The number of nitrogens with zero attached hydrogens (tertiary/aromatic N) is 3. The number of hydrogen-bond acceptors (Lipinski definition) is 1. The Morgan fingerprint density at radius 1 is 0.500 bits per heavy atom. The van der Waals surface area contributed by atoms with Crippen LogP contribution in [-0.2, 0) is 5.41 Å². The average molecular weight is 670 g/mol. The number of fused-ring (bicyclic) bond motifs is 4. The molecule has 1 aliphatic carbocycles. The van der Waals surface area contributed by atoms with Gasteiger partial charge in [-0.25, -0.2) is 9.37 Å². The zero-order valence-electron chi connectivity index (χ0n) is 28.7. The minimum absolute atomic E-state index is 0.250. The summed E-state index contributed by atoms with van der Waals surface area (Å²) in [5.74, 6) is 0.513. The molecular weight excluding hydrogens is 638 g/mol. The predicted molar refractivity (Wildman–Crippen MR) is 212 cm³/mol. The molecule has 0 N–H and O–H groups in total. The highest BCUT2D eigenvalue weighted by atomic mass is 19.1. The summed E-state index contributed by atoms with van der Waals surface area (Å²) in [6.45, 7) is 4.65. The third-order valence-electron chi connectivity index (χ3n) is 11.4. The Morgan fingerprint density at radius 3 is 1.88 bits per heavy atom. The van der Waals surface area contributed by atoms with E-state index in [-0.39, 0.29) is 11.2 Å². The van der Waals surface area contributed by atoms with Crippen LogP contribution in [0.3, 0.4) is 0 Å². The van der Waals surface area contributed by atoms with E-state index in [4.69, 9.17) is 4.98 Å². The lowest BCUT2D eigenvalue weighted by molar-refractivity contribution is 0.629. The summed E-state index contributed by atoms with van der Waals surface area (Å²) < 4.78 is 18.9. The summed E-state index contributed by atoms with van der Waals surface area (Å²) in [6, 6.07) is 55.2. The Bertz CT molecular complexity index is 3040. The van der Waals surface area contributed by atoms with Crippen molar-refractivity contribution in [1.29, 1.82) is 0 Å². The maximum absolute atomic E-state index is 14.4. The van der Waals surface area contributed by atoms with Crippen LogP contribution in [-0.4, -0.2) is 14.1 Å². The number of halogens is 1. The smallest absolute Gasteiger partial charge is 0.145 e. The van der Waals surface area contributed by atoms with Crippen LogP contribution in [0.1, 0.15) is 25.0 Å². The molecule has 0 amide bonds. The summed E-state index contributed by atoms with van der Waals surface area (Å²) in [7, 11) is 0. The molecule has 10 aromatic rings. The molecule has 2 aromatic heterocycles. The summed E-state index contributed by atoms with van der Waals surface area (Å²) in [4.78, 5) is 5.00. The van der Waals surface area contributed by atoms with Crippen LogP contribution in [0, 0.1) is 5.82 Å². The molecule has 246 valence electrons. The van der Waals surface area contributed by atoms with E-state index in [9.17, 15) is 4.39 Å². The van der Waals surface area contributed by atoms with Crippen LogP contribution < -0.4 is 0 Å². The van der Waals surface area contributed by atoms with Gasteiger partial charge in [0, 0.05) is 39.2 Å². The van der Waals surface area contributed by atoms with Gasteiger partial charge in [-0.05, 0) is 105 Å². The lowest BCUT2D eigenvalue weighted by atomic mass is 9.81. The zero-order chi connectivity index (χ0) is 34.7. The minimum atomic E-state index is -0.288. The molecule has 0 spiro atoms. The molecule has 8 aromatic carbocycles. The maximum atomic E-state index is 14.4. The summed E-state index contributed by atoms with van der Waals surface area (Å²) in [5.41, 5.74) is 14.4. The fourth-order valence-electron chi connectivity index (χ4n) is 8.92. The van der Waals surface area contributed by atoms with E-state index in [0.29, 0.717) is 5.52 Å². The van der Waals surface area contributed by atoms with Gasteiger partial charge in [-0.3, -0.25) is 4.57 Å². The van der Waals surface area contributed by atoms with E-state index < -0.39 is 0 Å². The van der Waals surface area contributed by atoms with Crippen LogP contribution in [0.4, 0.5) is 4.39 Å². The first-order chi connectivity index (χ1) is 25.5. The Labute approximate surface area is 300 Å². The molecule has 52 heavy (non-hydrogen) atoms. The van der Waals surface area contributed by atoms with Crippen LogP contribution in [0.2, 0.25) is 0 Å². The van der Waals surface area contributed by atoms with Gasteiger partial charge in [-0.15, -0.1) is 0 Å². The van der Waals surface area contributed by atoms with E-state index in [1.807, 2.05) is 24.3 Å². The van der Waals surface area contributed by atoms with Crippen molar-refractivity contribution in [2.45, 2.75) is 19.3 Å². The Morgan fingerprint density at radius 2 is 1.13 bits per heavy atom. The molecule has 0 bridgehead atoms. The van der Waals surface area contributed by atoms with E-state index in [1.165, 1.54) is 83.8 Å². The molecule has 0 unspecified atom stereocenters. The van der Waals surface area contributed by atoms with Crippen molar-refractivity contribution in [3.63, 3.8) is 0 Å². The number of benzene rings is 8. The van der Waals surface area contributed by atoms with Crippen LogP contribution in [0.15, 0.2) is 158 Å². The molecule has 0 saturated heterocycles. The van der Waals surface area contributed by atoms with Gasteiger partial charge in [0.25, 0.3) is 0 Å². The van der Waals surface area contributed by atoms with Gasteiger partial charge >= 0.3 is 0 Å². The summed E-state index contributed by atoms with van der Waals surface area (Å²) in [5, 5.41) is 5.14. The van der Waals surface area contributed by atoms with E-state index in [2.05, 4.69) is 144 Å². The molecule has 3 nitrogen and oxygen atoms in total. The van der Waals surface area contributed by atoms with Crippen LogP contribution in [0.25, 0.3) is 88.6 Å². The Hall–Kier alpha value is -6.52. The molecule has 1 aliphatic rings. The molecule has 4 heteroatoms. The van der Waals surface area contributed by atoms with Gasteiger partial charge in [-0.2, -0.15) is 0 Å². The van der Waals surface area contributed by atoms with Crippen molar-refractivity contribution >= 4 is 43.6 Å². The van der Waals surface area contributed by atoms with Crippen molar-refractivity contribution in [2.75, 3.05) is 0 Å². The molecule has 2 heterocycles. The van der Waals surface area contributed by atoms with E-state index >= 15 is 0 Å². The van der Waals surface area contributed by atoms with E-state index in [0.717, 1.165) is 22.6 Å². The first kappa shape index (κ1) is 29.2. The highest BCUT2D eigenvalue weighted by Gasteiger charge is 2.36. The lowest BCUT2D eigenvalue weighted by Gasteiger charge is -2.23. The average Bonchev–Trinajstić information content (AvgIpc) is 3.80. The zero-order valence-corrected chi connectivity index (χ0v) is 28.7. The second-order valence-corrected chi connectivity index (χ2v) is 14.6. The molecular formula is C48H32FN3. The van der Waals surface area contributed by atoms with E-state index in [1.54, 1.807) is 0 Å². The SMILES string of the molecule is CC1(C)c2cc(-c3ccc4c5c3ccc3cccc(c35)n4-c3ccccc3)ccc2-c2ccc(-c3nc4cc(F)ccc4n3-c3ccccc3)cc21. The molecule has 0 radical (unpaired) electrons. The largest absolute Gasteiger partial charge is 0.309 e. The highest BCUT2D eigenvalue weighted by molar-refractivity contribution is 6.26. The second kappa shape index (κ2) is 10.5. The maximum Gasteiger partial charge on any atom is 0.145 e. The fraction of sp³-hybridized carbons (Fsp3) is 0.0625. The van der Waals surface area contributed by atoms with Crippen molar-refractivity contribution in [2.24, 2.45) is 0 Å². The number of rotatable bonds is 4. The molecule has 0 fully saturated rings. The number of imidazole rings is 1. The topological polar surface area (TPSA) is 22.8 Å². The van der Waals surface area contributed by atoms with Crippen molar-refractivity contribution < 1.29 is 4.39 Å². The van der Waals surface area contributed by atoms with Crippen molar-refractivity contribution in [3.05, 3.63) is 175 Å². The van der Waals surface area contributed by atoms with Crippen LogP contribution in [0.5, 0.6) is 0 Å². The highest BCUT2D eigenvalue weighted by Crippen LogP contribution is 2.51. The lowest BCUT2D eigenvalue weighted by Crippen LogP contribution is -2.15. The predicted octanol–water partition coefficient (Wildman–Crippen LogP) is 12.5. The third kappa shape index (κ3) is 3.98. The molecule has 0 atom stereocenters. The van der Waals surface area contributed by atoms with Crippen molar-refractivity contribution in [1.82, 2.24) is 14.1 Å². The number of para-hydroxylation sites is 2. The first-order valence-electron chi connectivity index (χ1n) is 17.8. The van der Waals surface area contributed by atoms with Gasteiger partial charge in [0.05, 0.1) is 22.1 Å². The normalized spacial score (nSPS) is 13.4. The standard InChI is InChI=1S/C48H32FN3/c1-48(2)39-26-30(35-23-25-44-46-38(35)22-16-29-10-9-15-43(45(29)46)51(44)33-11-5-3-6-12-33)17-20-36(39)37-21-18-31(27-40(37)48)47-50-41-28-32(49)19-24-42(41)52(47)34-13-7-4-8-14-34/h3-28H,1-2H3. The van der Waals surface area contributed by atoms with Gasteiger partial charge < -0.3 is 4.57 Å². The molecule has 0 saturated carbocycles.